The highest BCUT2D eigenvalue weighted by atomic mass is 16.1. The van der Waals surface area contributed by atoms with E-state index < -0.39 is 0 Å². The molecule has 15 heavy (non-hydrogen) atoms. The third-order valence-electron chi connectivity index (χ3n) is 4.44. The van der Waals surface area contributed by atoms with E-state index >= 15 is 0 Å². The van der Waals surface area contributed by atoms with Gasteiger partial charge in [0, 0.05) is 6.42 Å². The van der Waals surface area contributed by atoms with Gasteiger partial charge in [-0.15, -0.1) is 0 Å². The minimum Gasteiger partial charge on any atom is -0.321 e. The monoisotopic (exact) mass is 209 g/mol. The maximum Gasteiger partial charge on any atom is 0.150 e. The Bertz CT molecular complexity index is 249. The van der Waals surface area contributed by atoms with Gasteiger partial charge in [-0.25, -0.2) is 0 Å². The van der Waals surface area contributed by atoms with Crippen LogP contribution < -0.4 is 5.73 Å². The molecule has 0 aromatic heterocycles. The second-order valence-electron chi connectivity index (χ2n) is 5.88. The normalized spacial score (nSPS) is 36.1. The van der Waals surface area contributed by atoms with E-state index in [1.165, 1.54) is 25.7 Å². The first-order valence-electron chi connectivity index (χ1n) is 6.36. The Labute approximate surface area is 92.6 Å². The second-order valence-corrected chi connectivity index (χ2v) is 5.88. The molecule has 2 heteroatoms. The number of fused-ring (bicyclic) bond motifs is 2. The molecule has 0 heterocycles. The minimum atomic E-state index is -0.232. The second kappa shape index (κ2) is 4.25. The van der Waals surface area contributed by atoms with E-state index in [1.54, 1.807) is 0 Å². The molecule has 2 nitrogen and oxygen atoms in total. The molecular formula is C13H23NO. The summed E-state index contributed by atoms with van der Waals surface area (Å²) >= 11 is 0. The summed E-state index contributed by atoms with van der Waals surface area (Å²) in [4.78, 5) is 11.9. The smallest absolute Gasteiger partial charge is 0.150 e. The van der Waals surface area contributed by atoms with E-state index in [0.29, 0.717) is 11.7 Å². The van der Waals surface area contributed by atoms with Gasteiger partial charge in [0.1, 0.15) is 5.78 Å². The van der Waals surface area contributed by atoms with Gasteiger partial charge in [-0.05, 0) is 42.9 Å². The average molecular weight is 209 g/mol. The minimum absolute atomic E-state index is 0.232. The van der Waals surface area contributed by atoms with Gasteiger partial charge < -0.3 is 5.73 Å². The summed E-state index contributed by atoms with van der Waals surface area (Å²) in [6, 6.07) is -0.232. The van der Waals surface area contributed by atoms with E-state index in [9.17, 15) is 4.79 Å². The Morgan fingerprint density at radius 3 is 2.53 bits per heavy atom. The van der Waals surface area contributed by atoms with Crippen LogP contribution in [0, 0.1) is 23.7 Å². The highest BCUT2D eigenvalue weighted by Crippen LogP contribution is 2.49. The fourth-order valence-corrected chi connectivity index (χ4v) is 3.39. The standard InChI is InChI=1S/C13H23NO/c1-8(2)13(14)12(15)7-11-6-9-3-4-10(11)5-9/h8-11,13H,3-7,14H2,1-2H3. The van der Waals surface area contributed by atoms with Crippen LogP contribution in [0.25, 0.3) is 0 Å². The van der Waals surface area contributed by atoms with E-state index in [-0.39, 0.29) is 12.0 Å². The van der Waals surface area contributed by atoms with Gasteiger partial charge in [-0.1, -0.05) is 20.3 Å². The van der Waals surface area contributed by atoms with Crippen molar-refractivity contribution in [2.75, 3.05) is 0 Å². The zero-order valence-corrected chi connectivity index (χ0v) is 9.91. The van der Waals surface area contributed by atoms with Crippen LogP contribution >= 0.6 is 0 Å². The van der Waals surface area contributed by atoms with Crippen molar-refractivity contribution in [1.82, 2.24) is 0 Å². The molecule has 2 bridgehead atoms. The van der Waals surface area contributed by atoms with Crippen LogP contribution in [0.5, 0.6) is 0 Å². The third kappa shape index (κ3) is 2.25. The van der Waals surface area contributed by atoms with Crippen molar-refractivity contribution in [2.45, 2.75) is 52.0 Å². The molecule has 0 aromatic carbocycles. The van der Waals surface area contributed by atoms with Gasteiger partial charge >= 0.3 is 0 Å². The predicted molar refractivity (Wildman–Crippen MR) is 61.4 cm³/mol. The first-order chi connectivity index (χ1) is 7.08. The predicted octanol–water partition coefficient (Wildman–Crippen LogP) is 2.37. The van der Waals surface area contributed by atoms with Crippen molar-refractivity contribution < 1.29 is 4.79 Å². The molecule has 2 aliphatic rings. The van der Waals surface area contributed by atoms with E-state index in [4.69, 9.17) is 5.73 Å². The largest absolute Gasteiger partial charge is 0.321 e. The molecule has 0 spiro atoms. The Morgan fingerprint density at radius 1 is 1.33 bits per heavy atom. The van der Waals surface area contributed by atoms with Gasteiger partial charge in [-0.2, -0.15) is 0 Å². The molecule has 0 aromatic rings. The number of nitrogens with two attached hydrogens (primary N) is 1. The lowest BCUT2D eigenvalue weighted by Gasteiger charge is -2.23. The van der Waals surface area contributed by atoms with Gasteiger partial charge in [0.15, 0.2) is 0 Å². The molecule has 2 saturated carbocycles. The maximum atomic E-state index is 11.9. The summed E-state index contributed by atoms with van der Waals surface area (Å²) in [5.74, 6) is 3.03. The Balaban J connectivity index is 1.85. The molecule has 4 unspecified atom stereocenters. The number of Topliss-reactive ketones (excluding diaryl/α,β-unsaturated/α-hetero) is 1. The summed E-state index contributed by atoms with van der Waals surface area (Å²) in [7, 11) is 0. The average Bonchev–Trinajstić information content (AvgIpc) is 2.77. The summed E-state index contributed by atoms with van der Waals surface area (Å²) in [5.41, 5.74) is 5.89. The molecule has 2 aliphatic carbocycles. The Kier molecular flexibility index (Phi) is 3.15. The van der Waals surface area contributed by atoms with Crippen LogP contribution in [0.1, 0.15) is 46.0 Å². The topological polar surface area (TPSA) is 43.1 Å². The van der Waals surface area contributed by atoms with Gasteiger partial charge in [0.2, 0.25) is 0 Å². The molecule has 0 radical (unpaired) electrons. The van der Waals surface area contributed by atoms with E-state index in [2.05, 4.69) is 0 Å². The van der Waals surface area contributed by atoms with Gasteiger partial charge in [0.05, 0.1) is 6.04 Å². The summed E-state index contributed by atoms with van der Waals surface area (Å²) < 4.78 is 0. The first-order valence-corrected chi connectivity index (χ1v) is 6.36. The zero-order valence-electron chi connectivity index (χ0n) is 9.91. The summed E-state index contributed by atoms with van der Waals surface area (Å²) in [5, 5.41) is 0. The SMILES string of the molecule is CC(C)C(N)C(=O)CC1CC2CCC1C2. The van der Waals surface area contributed by atoms with Crippen LogP contribution in [-0.4, -0.2) is 11.8 Å². The lowest BCUT2D eigenvalue weighted by molar-refractivity contribution is -0.122. The van der Waals surface area contributed by atoms with Crippen molar-refractivity contribution in [3.8, 4) is 0 Å². The molecule has 0 amide bonds. The fourth-order valence-electron chi connectivity index (χ4n) is 3.39. The van der Waals surface area contributed by atoms with Crippen molar-refractivity contribution in [3.63, 3.8) is 0 Å². The quantitative estimate of drug-likeness (QED) is 0.772. The van der Waals surface area contributed by atoms with Gasteiger partial charge in [0.25, 0.3) is 0 Å². The molecular weight excluding hydrogens is 186 g/mol. The maximum absolute atomic E-state index is 11.9. The molecule has 4 atom stereocenters. The van der Waals surface area contributed by atoms with Crippen LogP contribution in [0.4, 0.5) is 0 Å². The number of rotatable bonds is 4. The third-order valence-corrected chi connectivity index (χ3v) is 4.44. The highest BCUT2D eigenvalue weighted by molar-refractivity contribution is 5.84. The molecule has 0 aliphatic heterocycles. The number of carbonyl (C=O) groups excluding carboxylic acids is 1. The molecule has 2 N–H and O–H groups in total. The van der Waals surface area contributed by atoms with Crippen molar-refractivity contribution in [2.24, 2.45) is 29.4 Å². The lowest BCUT2D eigenvalue weighted by atomic mass is 9.83. The fraction of sp³-hybridized carbons (Fsp3) is 0.923. The molecule has 2 rings (SSSR count). The van der Waals surface area contributed by atoms with E-state index in [1.807, 2.05) is 13.8 Å². The van der Waals surface area contributed by atoms with Crippen LogP contribution in [-0.2, 0) is 4.79 Å². The van der Waals surface area contributed by atoms with Crippen molar-refractivity contribution in [3.05, 3.63) is 0 Å². The highest BCUT2D eigenvalue weighted by Gasteiger charge is 2.40. The first kappa shape index (κ1) is 11.1. The van der Waals surface area contributed by atoms with Crippen molar-refractivity contribution in [1.29, 1.82) is 0 Å². The zero-order chi connectivity index (χ0) is 11.0. The molecule has 2 fully saturated rings. The summed E-state index contributed by atoms with van der Waals surface area (Å²) in [6.07, 6.45) is 6.20. The van der Waals surface area contributed by atoms with Gasteiger partial charge in [-0.3, -0.25) is 4.79 Å². The Hall–Kier alpha value is -0.370. The number of ketones is 1. The number of hydrogen-bond acceptors (Lipinski definition) is 2. The summed E-state index contributed by atoms with van der Waals surface area (Å²) in [6.45, 7) is 4.06. The number of carbonyl (C=O) groups is 1. The van der Waals surface area contributed by atoms with E-state index in [0.717, 1.165) is 18.3 Å². The molecule has 86 valence electrons. The number of hydrogen-bond donors (Lipinski definition) is 1. The van der Waals surface area contributed by atoms with Crippen molar-refractivity contribution >= 4 is 5.78 Å². The Morgan fingerprint density at radius 2 is 2.07 bits per heavy atom. The van der Waals surface area contributed by atoms with Crippen LogP contribution in [0.3, 0.4) is 0 Å². The molecule has 0 saturated heterocycles. The van der Waals surface area contributed by atoms with Crippen LogP contribution in [0.2, 0.25) is 0 Å². The van der Waals surface area contributed by atoms with Crippen LogP contribution in [0.15, 0.2) is 0 Å². The lowest BCUT2D eigenvalue weighted by Crippen LogP contribution is -2.37.